The van der Waals surface area contributed by atoms with Crippen molar-refractivity contribution in [3.63, 3.8) is 0 Å². The normalized spacial score (nSPS) is 16.0. The summed E-state index contributed by atoms with van der Waals surface area (Å²) in [7, 11) is 0. The van der Waals surface area contributed by atoms with E-state index in [0.29, 0.717) is 11.5 Å². The molecule has 112 valence electrons. The number of nitrogens with one attached hydrogen (secondary N) is 1. The fourth-order valence-corrected chi connectivity index (χ4v) is 2.76. The minimum absolute atomic E-state index is 0.0207. The molecule has 0 atom stereocenters. The molecule has 6 heteroatoms. The van der Waals surface area contributed by atoms with Crippen LogP contribution >= 0.6 is 0 Å². The van der Waals surface area contributed by atoms with Crippen LogP contribution in [0.3, 0.4) is 0 Å². The van der Waals surface area contributed by atoms with E-state index < -0.39 is 0 Å². The molecule has 1 aliphatic rings. The molecule has 1 amide bonds. The van der Waals surface area contributed by atoms with Gasteiger partial charge < -0.3 is 20.0 Å². The molecule has 0 radical (unpaired) electrons. The van der Waals surface area contributed by atoms with Gasteiger partial charge in [0.2, 0.25) is 5.88 Å². The van der Waals surface area contributed by atoms with E-state index in [1.54, 1.807) is 6.07 Å². The molecule has 0 unspecified atom stereocenters. The summed E-state index contributed by atoms with van der Waals surface area (Å²) in [6, 6.07) is 3.76. The first-order valence-corrected chi connectivity index (χ1v) is 7.28. The number of rotatable bonds is 3. The number of aromatic nitrogens is 1. The van der Waals surface area contributed by atoms with Gasteiger partial charge in [-0.1, -0.05) is 24.4 Å². The minimum Gasteiger partial charge on any atom is -0.460 e. The maximum absolute atomic E-state index is 12.5. The third-order valence-electron chi connectivity index (χ3n) is 3.86. The molecule has 3 N–H and O–H groups in total. The van der Waals surface area contributed by atoms with Gasteiger partial charge >= 0.3 is 0 Å². The van der Waals surface area contributed by atoms with Crippen LogP contribution in [0.15, 0.2) is 21.1 Å². The van der Waals surface area contributed by atoms with Crippen molar-refractivity contribution in [1.82, 2.24) is 10.5 Å². The van der Waals surface area contributed by atoms with Crippen LogP contribution in [0.5, 0.6) is 0 Å². The number of aryl methyl sites for hydroxylation is 1. The smallest absolute Gasteiger partial charge is 0.259 e. The summed E-state index contributed by atoms with van der Waals surface area (Å²) in [5.74, 6) is 1.00. The lowest BCUT2D eigenvalue weighted by molar-refractivity contribution is 0.0928. The summed E-state index contributed by atoms with van der Waals surface area (Å²) in [6.07, 6.45) is 5.54. The Hall–Kier alpha value is -2.24. The Kier molecular flexibility index (Phi) is 3.68. The highest BCUT2D eigenvalue weighted by molar-refractivity contribution is 6.03. The van der Waals surface area contributed by atoms with Gasteiger partial charge in [-0.25, -0.2) is 0 Å². The van der Waals surface area contributed by atoms with Crippen molar-refractivity contribution in [1.29, 1.82) is 0 Å². The fourth-order valence-electron chi connectivity index (χ4n) is 2.76. The van der Waals surface area contributed by atoms with E-state index in [2.05, 4.69) is 10.5 Å². The lowest BCUT2D eigenvalue weighted by Gasteiger charge is -2.22. The first kappa shape index (κ1) is 13.7. The van der Waals surface area contributed by atoms with Crippen LogP contribution in [0, 0.1) is 6.92 Å². The standard InChI is InChI=1S/C15H19N3O3/c1-9-7-8-11(20-9)13-12(14(16)21-18-13)15(19)17-10-5-3-2-4-6-10/h7-8,10H,2-6,16H2,1H3,(H,17,19). The molecule has 3 rings (SSSR count). The second-order valence-electron chi connectivity index (χ2n) is 5.49. The Morgan fingerprint density at radius 2 is 2.10 bits per heavy atom. The lowest BCUT2D eigenvalue weighted by atomic mass is 9.95. The van der Waals surface area contributed by atoms with Crippen LogP contribution in [0.4, 0.5) is 5.88 Å². The molecule has 0 spiro atoms. The summed E-state index contributed by atoms with van der Waals surface area (Å²) < 4.78 is 10.5. The number of carbonyl (C=O) groups excluding carboxylic acids is 1. The van der Waals surface area contributed by atoms with E-state index in [0.717, 1.165) is 31.4 Å². The zero-order valence-corrected chi connectivity index (χ0v) is 12.0. The van der Waals surface area contributed by atoms with Crippen molar-refractivity contribution in [2.45, 2.75) is 45.1 Å². The summed E-state index contributed by atoms with van der Waals surface area (Å²) in [5.41, 5.74) is 6.37. The summed E-state index contributed by atoms with van der Waals surface area (Å²) >= 11 is 0. The molecule has 2 heterocycles. The molecular formula is C15H19N3O3. The molecule has 21 heavy (non-hydrogen) atoms. The average Bonchev–Trinajstić information content (AvgIpc) is 3.06. The number of nitrogens with zero attached hydrogens (tertiary/aromatic N) is 1. The van der Waals surface area contributed by atoms with Crippen molar-refractivity contribution < 1.29 is 13.7 Å². The highest BCUT2D eigenvalue weighted by Crippen LogP contribution is 2.29. The van der Waals surface area contributed by atoms with Crippen molar-refractivity contribution in [2.75, 3.05) is 5.73 Å². The Bertz CT molecular complexity index is 638. The predicted octanol–water partition coefficient (Wildman–Crippen LogP) is 2.89. The molecule has 0 saturated heterocycles. The Morgan fingerprint density at radius 3 is 2.76 bits per heavy atom. The number of furan rings is 1. The van der Waals surface area contributed by atoms with Gasteiger partial charge in [-0.05, 0) is 31.9 Å². The van der Waals surface area contributed by atoms with E-state index in [1.165, 1.54) is 6.42 Å². The van der Waals surface area contributed by atoms with Crippen LogP contribution in [-0.4, -0.2) is 17.1 Å². The molecule has 0 bridgehead atoms. The van der Waals surface area contributed by atoms with E-state index in [9.17, 15) is 4.79 Å². The second kappa shape index (κ2) is 5.63. The van der Waals surface area contributed by atoms with Gasteiger partial charge in [0, 0.05) is 6.04 Å². The van der Waals surface area contributed by atoms with Crippen LogP contribution < -0.4 is 11.1 Å². The van der Waals surface area contributed by atoms with E-state index >= 15 is 0 Å². The van der Waals surface area contributed by atoms with E-state index in [4.69, 9.17) is 14.7 Å². The number of carbonyl (C=O) groups is 1. The quantitative estimate of drug-likeness (QED) is 0.906. The maximum atomic E-state index is 12.5. The van der Waals surface area contributed by atoms with Gasteiger partial charge in [0.05, 0.1) is 0 Å². The van der Waals surface area contributed by atoms with Crippen molar-refractivity contribution in [3.05, 3.63) is 23.5 Å². The van der Waals surface area contributed by atoms with E-state index in [-0.39, 0.29) is 23.4 Å². The van der Waals surface area contributed by atoms with Crippen molar-refractivity contribution in [2.24, 2.45) is 0 Å². The summed E-state index contributed by atoms with van der Waals surface area (Å²) in [6.45, 7) is 1.83. The molecule has 0 aromatic carbocycles. The molecule has 2 aromatic heterocycles. The minimum atomic E-state index is -0.246. The van der Waals surface area contributed by atoms with Crippen molar-refractivity contribution in [3.8, 4) is 11.5 Å². The SMILES string of the molecule is Cc1ccc(-c2noc(N)c2C(=O)NC2CCCCC2)o1. The van der Waals surface area contributed by atoms with Gasteiger partial charge in [-0.15, -0.1) is 0 Å². The molecule has 2 aromatic rings. The Morgan fingerprint density at radius 1 is 1.33 bits per heavy atom. The Balaban J connectivity index is 1.84. The van der Waals surface area contributed by atoms with Crippen LogP contribution in [0.2, 0.25) is 0 Å². The second-order valence-corrected chi connectivity index (χ2v) is 5.49. The van der Waals surface area contributed by atoms with Gasteiger partial charge in [0.15, 0.2) is 11.5 Å². The summed E-state index contributed by atoms with van der Waals surface area (Å²) in [4.78, 5) is 12.5. The monoisotopic (exact) mass is 289 g/mol. The molecule has 1 aliphatic carbocycles. The number of hydrogen-bond donors (Lipinski definition) is 2. The molecule has 1 saturated carbocycles. The molecule has 6 nitrogen and oxygen atoms in total. The number of nitrogens with two attached hydrogens (primary N) is 1. The predicted molar refractivity (Wildman–Crippen MR) is 77.7 cm³/mol. The van der Waals surface area contributed by atoms with Gasteiger partial charge in [-0.2, -0.15) is 0 Å². The number of amides is 1. The van der Waals surface area contributed by atoms with Gasteiger partial charge in [0.25, 0.3) is 5.91 Å². The number of anilines is 1. The van der Waals surface area contributed by atoms with Crippen molar-refractivity contribution >= 4 is 11.8 Å². The number of nitrogen functional groups attached to an aromatic ring is 1. The average molecular weight is 289 g/mol. The molecule has 0 aliphatic heterocycles. The largest absolute Gasteiger partial charge is 0.460 e. The first-order chi connectivity index (χ1) is 10.1. The lowest BCUT2D eigenvalue weighted by Crippen LogP contribution is -2.36. The topological polar surface area (TPSA) is 94.3 Å². The zero-order chi connectivity index (χ0) is 14.8. The summed E-state index contributed by atoms with van der Waals surface area (Å²) in [5, 5.41) is 6.88. The van der Waals surface area contributed by atoms with Crippen LogP contribution in [0.1, 0.15) is 48.2 Å². The number of hydrogen-bond acceptors (Lipinski definition) is 5. The maximum Gasteiger partial charge on any atom is 0.259 e. The zero-order valence-electron chi connectivity index (χ0n) is 12.0. The Labute approximate surface area is 122 Å². The van der Waals surface area contributed by atoms with Crippen LogP contribution in [0.25, 0.3) is 11.5 Å². The fraction of sp³-hybridized carbons (Fsp3) is 0.467. The van der Waals surface area contributed by atoms with Gasteiger partial charge in [0.1, 0.15) is 11.3 Å². The highest BCUT2D eigenvalue weighted by atomic mass is 16.5. The third kappa shape index (κ3) is 2.79. The van der Waals surface area contributed by atoms with Crippen LogP contribution in [-0.2, 0) is 0 Å². The first-order valence-electron chi connectivity index (χ1n) is 7.28. The molecular weight excluding hydrogens is 270 g/mol. The third-order valence-corrected chi connectivity index (χ3v) is 3.86. The van der Waals surface area contributed by atoms with Gasteiger partial charge in [-0.3, -0.25) is 4.79 Å². The molecule has 1 fully saturated rings. The van der Waals surface area contributed by atoms with E-state index in [1.807, 2.05) is 13.0 Å². The highest BCUT2D eigenvalue weighted by Gasteiger charge is 2.26.